The molecule has 98 valence electrons. The van der Waals surface area contributed by atoms with Gasteiger partial charge in [-0.05, 0) is 12.1 Å². The first kappa shape index (κ1) is 18.4. The summed E-state index contributed by atoms with van der Waals surface area (Å²) < 4.78 is 4.22. The molecular formula is C11H11KO7. The van der Waals surface area contributed by atoms with Crippen molar-refractivity contribution < 1.29 is 34.4 Å². The fraction of sp³-hybridized carbons (Fsp3) is 0.182. The number of rotatable bonds is 4. The van der Waals surface area contributed by atoms with E-state index in [-0.39, 0.29) is 56.9 Å². The van der Waals surface area contributed by atoms with Crippen LogP contribution in [0.15, 0.2) is 30.3 Å². The average Bonchev–Trinajstić information content (AvgIpc) is 2.37. The second-order valence-corrected chi connectivity index (χ2v) is 3.30. The number of carboxylic acids is 1. The third-order valence-corrected chi connectivity index (χ3v) is 2.00. The van der Waals surface area contributed by atoms with Gasteiger partial charge in [0, 0.05) is 0 Å². The van der Waals surface area contributed by atoms with Crippen LogP contribution >= 0.6 is 0 Å². The Hall–Kier alpha value is -0.614. The molecule has 0 aliphatic heterocycles. The molecule has 0 bridgehead atoms. The third-order valence-electron chi connectivity index (χ3n) is 2.00. The van der Waals surface area contributed by atoms with Gasteiger partial charge in [0.2, 0.25) is 0 Å². The summed E-state index contributed by atoms with van der Waals surface area (Å²) in [7, 11) is 0. The van der Waals surface area contributed by atoms with Crippen LogP contribution in [0.2, 0.25) is 0 Å². The van der Waals surface area contributed by atoms with Gasteiger partial charge in [-0.25, -0.2) is 14.4 Å². The van der Waals surface area contributed by atoms with Crippen LogP contribution in [0, 0.1) is 0 Å². The first-order valence-electron chi connectivity index (χ1n) is 4.83. The van der Waals surface area contributed by atoms with E-state index < -0.39 is 30.1 Å². The number of esters is 2. The zero-order valence-electron chi connectivity index (χ0n) is 9.02. The van der Waals surface area contributed by atoms with Crippen molar-refractivity contribution in [2.75, 3.05) is 0 Å². The van der Waals surface area contributed by atoms with Gasteiger partial charge in [0.1, 0.15) is 0 Å². The third kappa shape index (κ3) is 5.49. The summed E-state index contributed by atoms with van der Waals surface area (Å²) in [5, 5.41) is 26.3. The normalized spacial score (nSPS) is 12.7. The van der Waals surface area contributed by atoms with Crippen molar-refractivity contribution in [3.8, 4) is 0 Å². The minimum atomic E-state index is -2.35. The molecule has 0 spiro atoms. The van der Waals surface area contributed by atoms with E-state index in [9.17, 15) is 14.4 Å². The predicted molar refractivity (Wildman–Crippen MR) is 63.7 cm³/mol. The minimum absolute atomic E-state index is 0. The van der Waals surface area contributed by atoms with Gasteiger partial charge in [0.05, 0.1) is 5.56 Å². The zero-order chi connectivity index (χ0) is 13.7. The standard InChI is InChI=1S/C11H10O7.K.H/c12-7(9(14)15)8(13)11(17)18-10(16)6-4-2-1-3-5-6;;/h1-5,7-8,12-13H,(H,14,15);;. The first-order valence-corrected chi connectivity index (χ1v) is 4.83. The molecule has 0 radical (unpaired) electrons. The second kappa shape index (κ2) is 8.54. The number of aliphatic carboxylic acids is 1. The molecule has 0 aliphatic carbocycles. The van der Waals surface area contributed by atoms with Crippen LogP contribution in [0.25, 0.3) is 0 Å². The molecule has 0 fully saturated rings. The van der Waals surface area contributed by atoms with Crippen molar-refractivity contribution in [3.63, 3.8) is 0 Å². The van der Waals surface area contributed by atoms with Crippen molar-refractivity contribution in [2.24, 2.45) is 0 Å². The Labute approximate surface area is 150 Å². The van der Waals surface area contributed by atoms with E-state index in [0.717, 1.165) is 0 Å². The van der Waals surface area contributed by atoms with E-state index in [1.54, 1.807) is 6.07 Å². The molecule has 1 aromatic rings. The van der Waals surface area contributed by atoms with E-state index in [1.807, 2.05) is 0 Å². The Morgan fingerprint density at radius 2 is 1.53 bits per heavy atom. The number of aliphatic hydroxyl groups is 2. The zero-order valence-corrected chi connectivity index (χ0v) is 9.02. The molecule has 2 unspecified atom stereocenters. The topological polar surface area (TPSA) is 121 Å². The number of aliphatic hydroxyl groups excluding tert-OH is 2. The molecule has 0 aromatic heterocycles. The van der Waals surface area contributed by atoms with Gasteiger partial charge < -0.3 is 20.1 Å². The summed E-state index contributed by atoms with van der Waals surface area (Å²) in [5.41, 5.74) is 0.0582. The summed E-state index contributed by atoms with van der Waals surface area (Å²) >= 11 is 0. The van der Waals surface area contributed by atoms with Gasteiger partial charge in [-0.3, -0.25) is 0 Å². The van der Waals surface area contributed by atoms with Gasteiger partial charge in [0.15, 0.2) is 12.2 Å². The Morgan fingerprint density at radius 1 is 1.00 bits per heavy atom. The maximum atomic E-state index is 11.4. The summed E-state index contributed by atoms with van der Waals surface area (Å²) in [6.45, 7) is 0. The van der Waals surface area contributed by atoms with E-state index in [0.29, 0.717) is 0 Å². The van der Waals surface area contributed by atoms with Crippen LogP contribution in [-0.4, -0.2) is 96.8 Å². The van der Waals surface area contributed by atoms with Crippen LogP contribution in [0.3, 0.4) is 0 Å². The number of hydrogen-bond acceptors (Lipinski definition) is 6. The fourth-order valence-electron chi connectivity index (χ4n) is 1.05. The fourth-order valence-corrected chi connectivity index (χ4v) is 1.05. The average molecular weight is 294 g/mol. The number of carboxylic acid groups (broad SMARTS) is 1. The van der Waals surface area contributed by atoms with Crippen LogP contribution in [0.5, 0.6) is 0 Å². The molecule has 0 saturated carbocycles. The van der Waals surface area contributed by atoms with Crippen LogP contribution < -0.4 is 0 Å². The van der Waals surface area contributed by atoms with E-state index in [2.05, 4.69) is 4.74 Å². The molecule has 3 N–H and O–H groups in total. The molecule has 1 rings (SSSR count). The van der Waals surface area contributed by atoms with E-state index >= 15 is 0 Å². The van der Waals surface area contributed by atoms with Gasteiger partial charge >= 0.3 is 69.3 Å². The summed E-state index contributed by atoms with van der Waals surface area (Å²) in [5.74, 6) is -4.37. The quantitative estimate of drug-likeness (QED) is 0.352. The Balaban J connectivity index is 0.00000324. The van der Waals surface area contributed by atoms with Crippen molar-refractivity contribution >= 4 is 69.3 Å². The maximum absolute atomic E-state index is 11.4. The number of hydrogen-bond donors (Lipinski definition) is 3. The molecule has 19 heavy (non-hydrogen) atoms. The van der Waals surface area contributed by atoms with Crippen LogP contribution in [0.4, 0.5) is 0 Å². The molecule has 8 heteroatoms. The van der Waals surface area contributed by atoms with Gasteiger partial charge in [-0.1, -0.05) is 18.2 Å². The van der Waals surface area contributed by atoms with Gasteiger partial charge in [-0.15, -0.1) is 0 Å². The van der Waals surface area contributed by atoms with Crippen LogP contribution in [0.1, 0.15) is 10.4 Å². The van der Waals surface area contributed by atoms with Crippen LogP contribution in [-0.2, 0) is 14.3 Å². The predicted octanol–water partition coefficient (Wildman–Crippen LogP) is -1.47. The molecule has 0 heterocycles. The summed E-state index contributed by atoms with van der Waals surface area (Å²) in [6.07, 6.45) is -4.67. The molecule has 2 atom stereocenters. The number of carbonyl (C=O) groups is 3. The molecular weight excluding hydrogens is 283 g/mol. The first-order chi connectivity index (χ1) is 8.43. The second-order valence-electron chi connectivity index (χ2n) is 3.30. The van der Waals surface area contributed by atoms with E-state index in [1.165, 1.54) is 24.3 Å². The Bertz CT molecular complexity index is 459. The Kier molecular flexibility index (Phi) is 8.26. The van der Waals surface area contributed by atoms with Gasteiger partial charge in [0.25, 0.3) is 0 Å². The Morgan fingerprint density at radius 3 is 2.00 bits per heavy atom. The van der Waals surface area contributed by atoms with Crippen molar-refractivity contribution in [1.82, 2.24) is 0 Å². The van der Waals surface area contributed by atoms with E-state index in [4.69, 9.17) is 15.3 Å². The number of carbonyl (C=O) groups excluding carboxylic acids is 2. The van der Waals surface area contributed by atoms with Crippen molar-refractivity contribution in [2.45, 2.75) is 12.2 Å². The monoisotopic (exact) mass is 294 g/mol. The number of ether oxygens (including phenoxy) is 1. The number of benzene rings is 1. The van der Waals surface area contributed by atoms with Gasteiger partial charge in [-0.2, -0.15) is 0 Å². The summed E-state index contributed by atoms with van der Waals surface area (Å²) in [6, 6.07) is 7.44. The molecule has 0 saturated heterocycles. The van der Waals surface area contributed by atoms with Crippen molar-refractivity contribution in [3.05, 3.63) is 35.9 Å². The van der Waals surface area contributed by atoms with Crippen molar-refractivity contribution in [1.29, 1.82) is 0 Å². The summed E-state index contributed by atoms with van der Waals surface area (Å²) in [4.78, 5) is 32.8. The SMILES string of the molecule is O=C(OC(=O)C(O)C(O)C(=O)O)c1ccccc1.[KH]. The molecule has 7 nitrogen and oxygen atoms in total. The molecule has 0 aliphatic rings. The molecule has 0 amide bonds. The molecule has 1 aromatic carbocycles.